The Hall–Kier alpha value is -1.21. The van der Waals surface area contributed by atoms with Gasteiger partial charge in [-0.1, -0.05) is 12.2 Å². The molecule has 0 saturated carbocycles. The summed E-state index contributed by atoms with van der Waals surface area (Å²) in [7, 11) is 1.62. The van der Waals surface area contributed by atoms with Crippen molar-refractivity contribution in [2.75, 3.05) is 33.4 Å². The minimum absolute atomic E-state index is 0.0103. The molecule has 3 N–H and O–H groups in total. The van der Waals surface area contributed by atoms with E-state index >= 15 is 0 Å². The van der Waals surface area contributed by atoms with E-state index < -0.39 is 5.41 Å². The number of amides is 2. The fraction of sp³-hybridized carbons (Fsp3) is 0.786. The molecule has 0 bridgehead atoms. The first kappa shape index (κ1) is 16.2. The Labute approximate surface area is 130 Å². The predicted octanol–water partition coefficient (Wildman–Crippen LogP) is 0.0539. The number of thiocarbonyl (C=S) groups is 1. The van der Waals surface area contributed by atoms with Gasteiger partial charge in [-0.25, -0.2) is 0 Å². The van der Waals surface area contributed by atoms with Crippen molar-refractivity contribution in [3.8, 4) is 0 Å². The molecule has 2 rings (SSSR count). The molecule has 2 saturated heterocycles. The maximum Gasteiger partial charge on any atom is 0.235 e. The quantitative estimate of drug-likeness (QED) is 0.720. The largest absolute Gasteiger partial charge is 0.392 e. The lowest BCUT2D eigenvalue weighted by Gasteiger charge is -2.41. The van der Waals surface area contributed by atoms with Crippen LogP contribution in [-0.2, 0) is 14.3 Å². The van der Waals surface area contributed by atoms with E-state index in [0.29, 0.717) is 39.1 Å². The summed E-state index contributed by atoms with van der Waals surface area (Å²) >= 11 is 5.17. The molecule has 1 unspecified atom stereocenters. The van der Waals surface area contributed by atoms with Gasteiger partial charge in [0.1, 0.15) is 5.41 Å². The number of carbonyl (C=O) groups excluding carboxylic acids is 2. The fourth-order valence-corrected chi connectivity index (χ4v) is 3.46. The van der Waals surface area contributed by atoms with Crippen LogP contribution in [0.4, 0.5) is 0 Å². The molecule has 0 aromatic rings. The maximum absolute atomic E-state index is 12.9. The average Bonchev–Trinajstić information content (AvgIpc) is 2.54. The standard InChI is InChI=1S/C14H23N3O3S/c1-16-11(18)10-3-2-6-17(9-10)13(19)14(12(15)21)4-7-20-8-5-14/h10H,2-9H2,1H3,(H2,15,21)(H,16,18). The molecule has 2 amide bonds. The summed E-state index contributed by atoms with van der Waals surface area (Å²) in [5.41, 5.74) is 5.09. The van der Waals surface area contributed by atoms with Gasteiger partial charge in [-0.05, 0) is 25.7 Å². The molecule has 0 aromatic heterocycles. The summed E-state index contributed by atoms with van der Waals surface area (Å²) in [5.74, 6) is -0.188. The molecule has 118 valence electrons. The van der Waals surface area contributed by atoms with Crippen molar-refractivity contribution in [2.24, 2.45) is 17.1 Å². The van der Waals surface area contributed by atoms with E-state index in [-0.39, 0.29) is 22.7 Å². The third kappa shape index (κ3) is 3.18. The topological polar surface area (TPSA) is 84.7 Å². The van der Waals surface area contributed by atoms with E-state index in [0.717, 1.165) is 12.8 Å². The lowest BCUT2D eigenvalue weighted by Crippen LogP contribution is -2.56. The first-order valence-corrected chi connectivity index (χ1v) is 7.80. The lowest BCUT2D eigenvalue weighted by atomic mass is 9.78. The minimum Gasteiger partial charge on any atom is -0.392 e. The number of rotatable bonds is 3. The van der Waals surface area contributed by atoms with Crippen LogP contribution in [0.1, 0.15) is 25.7 Å². The van der Waals surface area contributed by atoms with E-state index in [1.54, 1.807) is 11.9 Å². The number of nitrogens with two attached hydrogens (primary N) is 1. The van der Waals surface area contributed by atoms with Crippen molar-refractivity contribution < 1.29 is 14.3 Å². The van der Waals surface area contributed by atoms with Gasteiger partial charge in [0.05, 0.1) is 10.9 Å². The molecular formula is C14H23N3O3S. The predicted molar refractivity (Wildman–Crippen MR) is 82.6 cm³/mol. The first-order chi connectivity index (χ1) is 10.0. The van der Waals surface area contributed by atoms with Gasteiger partial charge in [0, 0.05) is 33.4 Å². The molecule has 2 heterocycles. The van der Waals surface area contributed by atoms with Crippen LogP contribution >= 0.6 is 12.2 Å². The molecule has 0 spiro atoms. The highest BCUT2D eigenvalue weighted by molar-refractivity contribution is 7.80. The Morgan fingerprint density at radius 1 is 1.38 bits per heavy atom. The smallest absolute Gasteiger partial charge is 0.235 e. The van der Waals surface area contributed by atoms with Gasteiger partial charge in [0.15, 0.2) is 0 Å². The Morgan fingerprint density at radius 2 is 2.05 bits per heavy atom. The lowest BCUT2D eigenvalue weighted by molar-refractivity contribution is -0.145. The van der Waals surface area contributed by atoms with Crippen molar-refractivity contribution in [1.29, 1.82) is 0 Å². The summed E-state index contributed by atoms with van der Waals surface area (Å²) in [6.07, 6.45) is 2.70. The van der Waals surface area contributed by atoms with E-state index in [2.05, 4.69) is 5.32 Å². The molecule has 1 atom stereocenters. The zero-order valence-corrected chi connectivity index (χ0v) is 13.2. The summed E-state index contributed by atoms with van der Waals surface area (Å²) in [6.45, 7) is 2.10. The molecule has 6 nitrogen and oxygen atoms in total. The highest BCUT2D eigenvalue weighted by Crippen LogP contribution is 2.34. The fourth-order valence-electron chi connectivity index (χ4n) is 3.17. The van der Waals surface area contributed by atoms with E-state index in [1.807, 2.05) is 0 Å². The summed E-state index contributed by atoms with van der Waals surface area (Å²) in [6, 6.07) is 0. The van der Waals surface area contributed by atoms with Crippen LogP contribution in [0.15, 0.2) is 0 Å². The summed E-state index contributed by atoms with van der Waals surface area (Å²) < 4.78 is 5.34. The van der Waals surface area contributed by atoms with Crippen molar-refractivity contribution in [2.45, 2.75) is 25.7 Å². The van der Waals surface area contributed by atoms with Gasteiger partial charge in [-0.2, -0.15) is 0 Å². The molecule has 0 aliphatic carbocycles. The van der Waals surface area contributed by atoms with Crippen LogP contribution in [0.5, 0.6) is 0 Å². The number of piperidine rings is 1. The first-order valence-electron chi connectivity index (χ1n) is 7.40. The molecule has 7 heteroatoms. The van der Waals surface area contributed by atoms with Gasteiger partial charge in [0.25, 0.3) is 0 Å². The Bertz CT molecular complexity index is 435. The molecule has 0 aromatic carbocycles. The molecule has 2 aliphatic rings. The van der Waals surface area contributed by atoms with Crippen molar-refractivity contribution in [1.82, 2.24) is 10.2 Å². The van der Waals surface area contributed by atoms with E-state index in [9.17, 15) is 9.59 Å². The van der Waals surface area contributed by atoms with Crippen LogP contribution in [0.2, 0.25) is 0 Å². The van der Waals surface area contributed by atoms with Crippen LogP contribution in [-0.4, -0.2) is 55.1 Å². The zero-order valence-electron chi connectivity index (χ0n) is 12.4. The van der Waals surface area contributed by atoms with Crippen molar-refractivity contribution >= 4 is 29.0 Å². The van der Waals surface area contributed by atoms with Crippen molar-refractivity contribution in [3.63, 3.8) is 0 Å². The Balaban J connectivity index is 2.13. The number of carbonyl (C=O) groups is 2. The Morgan fingerprint density at radius 3 is 2.62 bits per heavy atom. The monoisotopic (exact) mass is 313 g/mol. The molecule has 2 fully saturated rings. The number of hydrogen-bond acceptors (Lipinski definition) is 4. The molecular weight excluding hydrogens is 290 g/mol. The number of nitrogens with one attached hydrogen (secondary N) is 1. The number of likely N-dealkylation sites (tertiary alicyclic amines) is 1. The third-order valence-electron chi connectivity index (χ3n) is 4.55. The number of hydrogen-bond donors (Lipinski definition) is 2. The SMILES string of the molecule is CNC(=O)C1CCCN(C(=O)C2(C(N)=S)CCOCC2)C1. The number of nitrogens with zero attached hydrogens (tertiary/aromatic N) is 1. The van der Waals surface area contributed by atoms with E-state index in [4.69, 9.17) is 22.7 Å². The second kappa shape index (κ2) is 6.70. The normalized spacial score (nSPS) is 25.2. The van der Waals surface area contributed by atoms with Gasteiger partial charge in [0.2, 0.25) is 11.8 Å². The minimum atomic E-state index is -0.793. The van der Waals surface area contributed by atoms with Gasteiger partial charge >= 0.3 is 0 Å². The van der Waals surface area contributed by atoms with Crippen LogP contribution < -0.4 is 11.1 Å². The summed E-state index contributed by atoms with van der Waals surface area (Å²) in [4.78, 5) is 26.8. The highest BCUT2D eigenvalue weighted by Gasteiger charge is 2.46. The molecule has 0 radical (unpaired) electrons. The summed E-state index contributed by atoms with van der Waals surface area (Å²) in [5, 5.41) is 2.66. The second-order valence-electron chi connectivity index (χ2n) is 5.76. The van der Waals surface area contributed by atoms with Crippen LogP contribution in [0, 0.1) is 11.3 Å². The second-order valence-corrected chi connectivity index (χ2v) is 6.20. The molecule has 2 aliphatic heterocycles. The van der Waals surface area contributed by atoms with Gasteiger partial charge in [-0.3, -0.25) is 9.59 Å². The van der Waals surface area contributed by atoms with E-state index in [1.165, 1.54) is 0 Å². The maximum atomic E-state index is 12.9. The van der Waals surface area contributed by atoms with Gasteiger partial charge < -0.3 is 20.7 Å². The third-order valence-corrected chi connectivity index (χ3v) is 4.94. The van der Waals surface area contributed by atoms with Gasteiger partial charge in [-0.15, -0.1) is 0 Å². The Kier molecular flexibility index (Phi) is 5.16. The van der Waals surface area contributed by atoms with Crippen LogP contribution in [0.3, 0.4) is 0 Å². The highest BCUT2D eigenvalue weighted by atomic mass is 32.1. The average molecular weight is 313 g/mol. The zero-order chi connectivity index (χ0) is 15.5. The number of ether oxygens (including phenoxy) is 1. The molecule has 21 heavy (non-hydrogen) atoms. The van der Waals surface area contributed by atoms with Crippen molar-refractivity contribution in [3.05, 3.63) is 0 Å². The van der Waals surface area contributed by atoms with Crippen LogP contribution in [0.25, 0.3) is 0 Å².